The summed E-state index contributed by atoms with van der Waals surface area (Å²) in [7, 11) is 0. The van der Waals surface area contributed by atoms with E-state index in [1.165, 1.54) is 0 Å². The van der Waals surface area contributed by atoms with Crippen LogP contribution < -0.4 is 5.32 Å². The van der Waals surface area contributed by atoms with Gasteiger partial charge in [-0.15, -0.1) is 0 Å². The summed E-state index contributed by atoms with van der Waals surface area (Å²) in [5, 5.41) is 3.43. The fourth-order valence-electron chi connectivity index (χ4n) is 3.56. The molecule has 0 aromatic carbocycles. The van der Waals surface area contributed by atoms with Crippen molar-refractivity contribution >= 4 is 5.78 Å². The van der Waals surface area contributed by atoms with Gasteiger partial charge >= 0.3 is 0 Å². The number of nitrogens with zero attached hydrogens (tertiary/aromatic N) is 1. The molecule has 1 aromatic rings. The first kappa shape index (κ1) is 16.9. The standard InChI is InChI=1S/C19H28N2O/c1-14-7-5-9-19(3,4)18(14)17(22)11-15(2)21-13-16-8-6-10-20-12-16/h5-8,10,12,14-15,18,21H,9,11,13H2,1-4H3. The Bertz CT molecular complexity index is 521. The van der Waals surface area contributed by atoms with Crippen LogP contribution in [0.15, 0.2) is 36.7 Å². The third kappa shape index (κ3) is 4.26. The number of pyridine rings is 1. The van der Waals surface area contributed by atoms with E-state index in [2.05, 4.69) is 50.1 Å². The van der Waals surface area contributed by atoms with Crippen molar-refractivity contribution in [2.24, 2.45) is 17.3 Å². The fraction of sp³-hybridized carbons (Fsp3) is 0.579. The molecule has 0 radical (unpaired) electrons. The fourth-order valence-corrected chi connectivity index (χ4v) is 3.56. The van der Waals surface area contributed by atoms with E-state index >= 15 is 0 Å². The van der Waals surface area contributed by atoms with Gasteiger partial charge in [0.1, 0.15) is 5.78 Å². The minimum Gasteiger partial charge on any atom is -0.310 e. The highest BCUT2D eigenvalue weighted by Crippen LogP contribution is 2.41. The van der Waals surface area contributed by atoms with Gasteiger partial charge in [-0.3, -0.25) is 9.78 Å². The third-order valence-corrected chi connectivity index (χ3v) is 4.68. The van der Waals surface area contributed by atoms with Crippen LogP contribution in [0.5, 0.6) is 0 Å². The normalized spacial score (nSPS) is 24.9. The molecule has 0 saturated heterocycles. The second kappa shape index (κ2) is 7.19. The number of carbonyl (C=O) groups excluding carboxylic acids is 1. The van der Waals surface area contributed by atoms with Crippen molar-refractivity contribution in [3.63, 3.8) is 0 Å². The zero-order valence-corrected chi connectivity index (χ0v) is 14.2. The van der Waals surface area contributed by atoms with Gasteiger partial charge in [0, 0.05) is 37.3 Å². The van der Waals surface area contributed by atoms with E-state index in [1.54, 1.807) is 6.20 Å². The molecule has 1 aliphatic carbocycles. The number of aromatic nitrogens is 1. The Morgan fingerprint density at radius 2 is 2.27 bits per heavy atom. The second-order valence-corrected chi connectivity index (χ2v) is 7.27. The van der Waals surface area contributed by atoms with Crippen LogP contribution in [0.1, 0.15) is 46.1 Å². The number of ketones is 1. The first-order valence-electron chi connectivity index (χ1n) is 8.22. The van der Waals surface area contributed by atoms with E-state index < -0.39 is 0 Å². The molecule has 0 aliphatic heterocycles. The number of hydrogen-bond acceptors (Lipinski definition) is 3. The van der Waals surface area contributed by atoms with Crippen LogP contribution in [-0.2, 0) is 11.3 Å². The van der Waals surface area contributed by atoms with Gasteiger partial charge in [0.25, 0.3) is 0 Å². The van der Waals surface area contributed by atoms with Gasteiger partial charge < -0.3 is 5.32 Å². The molecule has 1 N–H and O–H groups in total. The van der Waals surface area contributed by atoms with E-state index in [9.17, 15) is 4.79 Å². The predicted octanol–water partition coefficient (Wildman–Crippen LogP) is 3.76. The highest BCUT2D eigenvalue weighted by atomic mass is 16.1. The molecule has 0 amide bonds. The van der Waals surface area contributed by atoms with Gasteiger partial charge in [-0.2, -0.15) is 0 Å². The zero-order valence-electron chi connectivity index (χ0n) is 14.2. The summed E-state index contributed by atoms with van der Waals surface area (Å²) in [6.45, 7) is 9.43. The Morgan fingerprint density at radius 3 is 2.91 bits per heavy atom. The number of nitrogens with one attached hydrogen (secondary N) is 1. The Labute approximate surface area is 134 Å². The van der Waals surface area contributed by atoms with E-state index in [-0.39, 0.29) is 17.4 Å². The Morgan fingerprint density at radius 1 is 1.50 bits per heavy atom. The topological polar surface area (TPSA) is 42.0 Å². The molecule has 0 saturated carbocycles. The highest BCUT2D eigenvalue weighted by Gasteiger charge is 2.39. The molecule has 3 atom stereocenters. The summed E-state index contributed by atoms with van der Waals surface area (Å²) >= 11 is 0. The van der Waals surface area contributed by atoms with Gasteiger partial charge in [0.05, 0.1) is 0 Å². The quantitative estimate of drug-likeness (QED) is 0.813. The molecule has 0 spiro atoms. The smallest absolute Gasteiger partial charge is 0.138 e. The van der Waals surface area contributed by atoms with Crippen molar-refractivity contribution in [1.82, 2.24) is 10.3 Å². The number of hydrogen-bond donors (Lipinski definition) is 1. The van der Waals surface area contributed by atoms with E-state index in [0.717, 1.165) is 18.5 Å². The Hall–Kier alpha value is -1.48. The van der Waals surface area contributed by atoms with Gasteiger partial charge in [-0.1, -0.05) is 39.0 Å². The molecule has 3 heteroatoms. The van der Waals surface area contributed by atoms with Crippen molar-refractivity contribution in [3.05, 3.63) is 42.2 Å². The molecule has 22 heavy (non-hydrogen) atoms. The zero-order chi connectivity index (χ0) is 16.2. The SMILES string of the molecule is CC(CC(=O)C1C(C)C=CCC1(C)C)NCc1cccnc1. The first-order chi connectivity index (χ1) is 10.4. The van der Waals surface area contributed by atoms with Crippen LogP contribution in [-0.4, -0.2) is 16.8 Å². The minimum absolute atomic E-state index is 0.0638. The third-order valence-electron chi connectivity index (χ3n) is 4.68. The highest BCUT2D eigenvalue weighted by molar-refractivity contribution is 5.83. The molecule has 0 fully saturated rings. The number of Topliss-reactive ketones (excluding diaryl/α,β-unsaturated/α-hetero) is 1. The maximum atomic E-state index is 12.8. The maximum absolute atomic E-state index is 12.8. The summed E-state index contributed by atoms with van der Waals surface area (Å²) in [4.78, 5) is 16.9. The molecule has 1 heterocycles. The second-order valence-electron chi connectivity index (χ2n) is 7.27. The maximum Gasteiger partial charge on any atom is 0.138 e. The van der Waals surface area contributed by atoms with Crippen LogP contribution in [0.4, 0.5) is 0 Å². The van der Waals surface area contributed by atoms with Crippen molar-refractivity contribution < 1.29 is 4.79 Å². The van der Waals surface area contributed by atoms with Gasteiger partial charge in [-0.25, -0.2) is 0 Å². The van der Waals surface area contributed by atoms with Crippen molar-refractivity contribution in [2.75, 3.05) is 0 Å². The lowest BCUT2D eigenvalue weighted by Crippen LogP contribution is -2.40. The molecule has 1 aliphatic rings. The van der Waals surface area contributed by atoms with Crippen molar-refractivity contribution in [2.45, 2.75) is 53.1 Å². The first-order valence-corrected chi connectivity index (χ1v) is 8.22. The van der Waals surface area contributed by atoms with Crippen LogP contribution in [0.25, 0.3) is 0 Å². The molecular weight excluding hydrogens is 272 g/mol. The average Bonchev–Trinajstić information content (AvgIpc) is 2.45. The monoisotopic (exact) mass is 300 g/mol. The summed E-state index contributed by atoms with van der Waals surface area (Å²) < 4.78 is 0. The van der Waals surface area contributed by atoms with Crippen LogP contribution in [0, 0.1) is 17.3 Å². The average molecular weight is 300 g/mol. The molecular formula is C19H28N2O. The van der Waals surface area contributed by atoms with Gasteiger partial charge in [0.15, 0.2) is 0 Å². The number of carbonyl (C=O) groups is 1. The van der Waals surface area contributed by atoms with Crippen LogP contribution in [0.3, 0.4) is 0 Å². The summed E-state index contributed by atoms with van der Waals surface area (Å²) in [6.07, 6.45) is 9.63. The van der Waals surface area contributed by atoms with Crippen LogP contribution in [0.2, 0.25) is 0 Å². The van der Waals surface area contributed by atoms with E-state index in [0.29, 0.717) is 18.1 Å². The van der Waals surface area contributed by atoms with Crippen molar-refractivity contribution in [3.8, 4) is 0 Å². The van der Waals surface area contributed by atoms with E-state index in [1.807, 2.05) is 18.3 Å². The van der Waals surface area contributed by atoms with Gasteiger partial charge in [-0.05, 0) is 36.3 Å². The summed E-state index contributed by atoms with van der Waals surface area (Å²) in [5.74, 6) is 0.843. The Kier molecular flexibility index (Phi) is 5.52. The molecule has 1 aromatic heterocycles. The summed E-state index contributed by atoms with van der Waals surface area (Å²) in [6, 6.07) is 4.17. The van der Waals surface area contributed by atoms with Gasteiger partial charge in [0.2, 0.25) is 0 Å². The number of rotatable bonds is 6. The molecule has 120 valence electrons. The minimum atomic E-state index is 0.0638. The van der Waals surface area contributed by atoms with E-state index in [4.69, 9.17) is 0 Å². The lowest BCUT2D eigenvalue weighted by Gasteiger charge is -2.39. The largest absolute Gasteiger partial charge is 0.310 e. The number of allylic oxidation sites excluding steroid dienone is 2. The molecule has 3 unspecified atom stereocenters. The predicted molar refractivity (Wildman–Crippen MR) is 90.4 cm³/mol. The molecule has 3 nitrogen and oxygen atoms in total. The van der Waals surface area contributed by atoms with Crippen LogP contribution >= 0.6 is 0 Å². The van der Waals surface area contributed by atoms with Crippen molar-refractivity contribution in [1.29, 1.82) is 0 Å². The molecule has 2 rings (SSSR count). The lowest BCUT2D eigenvalue weighted by molar-refractivity contribution is -0.128. The molecule has 0 bridgehead atoms. The lowest BCUT2D eigenvalue weighted by atomic mass is 9.65. The summed E-state index contributed by atoms with van der Waals surface area (Å²) in [5.41, 5.74) is 1.21. The Balaban J connectivity index is 1.89.